The minimum absolute atomic E-state index is 0.0968. The smallest absolute Gasteiger partial charge is 0.175 e. The number of benzene rings is 1. The van der Waals surface area contributed by atoms with E-state index >= 15 is 0 Å². The lowest BCUT2D eigenvalue weighted by Crippen LogP contribution is -2.04. The second-order valence-electron chi connectivity index (χ2n) is 6.60. The molecular formula is C20H21ClFN3O2S. The van der Waals surface area contributed by atoms with Crippen molar-refractivity contribution in [3.63, 3.8) is 0 Å². The van der Waals surface area contributed by atoms with E-state index in [9.17, 15) is 12.8 Å². The molecule has 148 valence electrons. The lowest BCUT2D eigenvalue weighted by Gasteiger charge is -2.08. The van der Waals surface area contributed by atoms with Gasteiger partial charge in [0.15, 0.2) is 9.84 Å². The fourth-order valence-corrected chi connectivity index (χ4v) is 3.91. The number of hydrogen-bond acceptors (Lipinski definition) is 4. The van der Waals surface area contributed by atoms with Crippen molar-refractivity contribution in [1.29, 1.82) is 0 Å². The van der Waals surface area contributed by atoms with Gasteiger partial charge in [0.05, 0.1) is 22.5 Å². The van der Waals surface area contributed by atoms with Gasteiger partial charge in [0.25, 0.3) is 0 Å². The van der Waals surface area contributed by atoms with Crippen molar-refractivity contribution in [1.82, 2.24) is 14.4 Å². The van der Waals surface area contributed by atoms with Gasteiger partial charge in [-0.25, -0.2) is 17.6 Å². The maximum absolute atomic E-state index is 14.2. The molecule has 0 saturated carbocycles. The molecule has 0 amide bonds. The van der Waals surface area contributed by atoms with Crippen LogP contribution in [0.1, 0.15) is 16.8 Å². The van der Waals surface area contributed by atoms with Crippen LogP contribution in [0.25, 0.3) is 11.0 Å². The first-order valence-corrected chi connectivity index (χ1v) is 11.0. The highest BCUT2D eigenvalue weighted by Gasteiger charge is 2.16. The maximum Gasteiger partial charge on any atom is 0.175 e. The monoisotopic (exact) mass is 421 g/mol. The quantitative estimate of drug-likeness (QED) is 0.587. The third-order valence-corrected chi connectivity index (χ3v) is 5.93. The number of hydrogen-bond donors (Lipinski definition) is 1. The van der Waals surface area contributed by atoms with Crippen LogP contribution in [-0.2, 0) is 22.8 Å². The first kappa shape index (κ1) is 20.5. The Balaban J connectivity index is 1.99. The molecule has 3 aromatic rings. The van der Waals surface area contributed by atoms with Crippen LogP contribution in [0.2, 0.25) is 0 Å². The fraction of sp³-hybridized carbons (Fsp3) is 0.250. The molecule has 0 fully saturated rings. The van der Waals surface area contributed by atoms with Gasteiger partial charge in [0, 0.05) is 36.7 Å². The highest BCUT2D eigenvalue weighted by atomic mass is 35.5. The van der Waals surface area contributed by atoms with Crippen molar-refractivity contribution in [3.8, 4) is 0 Å². The number of nitrogens with zero attached hydrogens (tertiary/aromatic N) is 2. The van der Waals surface area contributed by atoms with Crippen LogP contribution < -0.4 is 4.84 Å². The van der Waals surface area contributed by atoms with E-state index < -0.39 is 9.84 Å². The topological polar surface area (TPSA) is 64.0 Å². The normalized spacial score (nSPS) is 12.6. The van der Waals surface area contributed by atoms with Gasteiger partial charge in [-0.15, -0.1) is 0 Å². The van der Waals surface area contributed by atoms with Gasteiger partial charge >= 0.3 is 0 Å². The van der Waals surface area contributed by atoms with E-state index in [1.54, 1.807) is 30.5 Å². The molecule has 5 nitrogen and oxygen atoms in total. The second-order valence-corrected chi connectivity index (χ2v) is 8.89. The zero-order chi connectivity index (χ0) is 20.3. The summed E-state index contributed by atoms with van der Waals surface area (Å²) in [4.78, 5) is 7.16. The number of aromatic nitrogens is 2. The van der Waals surface area contributed by atoms with Crippen LogP contribution in [-0.4, -0.2) is 30.8 Å². The third-order valence-electron chi connectivity index (χ3n) is 4.65. The molecule has 1 aromatic carbocycles. The average Bonchev–Trinajstić information content (AvgIpc) is 2.92. The molecule has 0 bridgehead atoms. The molecule has 0 aliphatic heterocycles. The van der Waals surface area contributed by atoms with E-state index in [2.05, 4.69) is 9.82 Å². The summed E-state index contributed by atoms with van der Waals surface area (Å²) in [6, 6.07) is 10.6. The Morgan fingerprint density at radius 2 is 2.00 bits per heavy atom. The summed E-state index contributed by atoms with van der Waals surface area (Å²) in [6.07, 6.45) is 4.88. The molecule has 2 aromatic heterocycles. The zero-order valence-electron chi connectivity index (χ0n) is 15.6. The number of sulfone groups is 1. The highest BCUT2D eigenvalue weighted by Crippen LogP contribution is 2.27. The summed E-state index contributed by atoms with van der Waals surface area (Å²) in [6.45, 7) is 2.28. The Labute approximate surface area is 168 Å². The van der Waals surface area contributed by atoms with Crippen LogP contribution in [0.3, 0.4) is 0 Å². The van der Waals surface area contributed by atoms with E-state index in [0.717, 1.165) is 27.9 Å². The number of allylic oxidation sites excluding steroid dienone is 1. The van der Waals surface area contributed by atoms with Gasteiger partial charge in [-0.3, -0.25) is 4.98 Å². The third kappa shape index (κ3) is 4.43. The van der Waals surface area contributed by atoms with Crippen molar-refractivity contribution in [2.45, 2.75) is 24.8 Å². The summed E-state index contributed by atoms with van der Waals surface area (Å²) in [7, 11) is -3.23. The molecule has 0 aliphatic rings. The zero-order valence-corrected chi connectivity index (χ0v) is 17.2. The molecule has 28 heavy (non-hydrogen) atoms. The van der Waals surface area contributed by atoms with Crippen LogP contribution in [0.15, 0.2) is 59.4 Å². The molecule has 0 atom stereocenters. The first-order valence-electron chi connectivity index (χ1n) is 8.71. The molecule has 0 unspecified atom stereocenters. The van der Waals surface area contributed by atoms with Crippen LogP contribution >= 0.6 is 11.8 Å². The van der Waals surface area contributed by atoms with Gasteiger partial charge in [0.1, 0.15) is 5.83 Å². The Morgan fingerprint density at radius 3 is 2.64 bits per heavy atom. The Hall–Kier alpha value is -2.22. The molecule has 0 aliphatic carbocycles. The summed E-state index contributed by atoms with van der Waals surface area (Å²) < 4.78 is 39.4. The van der Waals surface area contributed by atoms with Crippen molar-refractivity contribution < 1.29 is 12.8 Å². The van der Waals surface area contributed by atoms with E-state index in [4.69, 9.17) is 11.8 Å². The predicted octanol–water partition coefficient (Wildman–Crippen LogP) is 3.94. The summed E-state index contributed by atoms with van der Waals surface area (Å²) >= 11 is 5.39. The Morgan fingerprint density at radius 1 is 1.29 bits per heavy atom. The lowest BCUT2D eigenvalue weighted by molar-refractivity contribution is 0.554. The minimum atomic E-state index is -3.23. The van der Waals surface area contributed by atoms with Crippen molar-refractivity contribution in [3.05, 3.63) is 71.3 Å². The predicted molar refractivity (Wildman–Crippen MR) is 110 cm³/mol. The van der Waals surface area contributed by atoms with Crippen LogP contribution in [0.5, 0.6) is 0 Å². The molecule has 0 spiro atoms. The molecule has 3 rings (SSSR count). The molecule has 2 heterocycles. The van der Waals surface area contributed by atoms with Crippen LogP contribution in [0.4, 0.5) is 4.39 Å². The largest absolute Gasteiger partial charge is 0.336 e. The summed E-state index contributed by atoms with van der Waals surface area (Å²) in [5, 5.41) is 0. The second kappa shape index (κ2) is 8.43. The average molecular weight is 422 g/mol. The van der Waals surface area contributed by atoms with Crippen LogP contribution in [0, 0.1) is 6.92 Å². The SMILES string of the molecule is Cc1c(Cc2ccc(S(C)(=O)=O)cc2)c2ncccc2n1C/C(F)=C/CNCl. The minimum Gasteiger partial charge on any atom is -0.336 e. The fourth-order valence-electron chi connectivity index (χ4n) is 3.20. The number of pyridine rings is 1. The van der Waals surface area contributed by atoms with Gasteiger partial charge < -0.3 is 4.57 Å². The van der Waals surface area contributed by atoms with Crippen molar-refractivity contribution in [2.24, 2.45) is 0 Å². The Bertz CT molecular complexity index is 1120. The molecule has 8 heteroatoms. The van der Waals surface area contributed by atoms with E-state index in [0.29, 0.717) is 6.42 Å². The van der Waals surface area contributed by atoms with Gasteiger partial charge in [-0.05, 0) is 54.6 Å². The lowest BCUT2D eigenvalue weighted by atomic mass is 10.0. The van der Waals surface area contributed by atoms with Crippen molar-refractivity contribution in [2.75, 3.05) is 12.8 Å². The van der Waals surface area contributed by atoms with Gasteiger partial charge in [-0.1, -0.05) is 12.1 Å². The standard InChI is InChI=1S/C20H21ClFN3O2S/c1-14-18(12-15-5-7-17(8-6-15)28(2,26)27)20-19(4-3-10-23-20)25(14)13-16(22)9-11-24-21/h3-10,24H,11-13H2,1-2H3/b16-9-. The number of nitrogens with one attached hydrogen (secondary N) is 1. The number of rotatable bonds is 7. The van der Waals surface area contributed by atoms with Crippen molar-refractivity contribution >= 4 is 32.6 Å². The number of fused-ring (bicyclic) bond motifs is 1. The molecule has 0 radical (unpaired) electrons. The van der Waals surface area contributed by atoms with E-state index in [1.165, 1.54) is 12.3 Å². The Kier molecular flexibility index (Phi) is 6.17. The summed E-state index contributed by atoms with van der Waals surface area (Å²) in [5.74, 6) is -0.291. The summed E-state index contributed by atoms with van der Waals surface area (Å²) in [5.41, 5.74) is 4.54. The van der Waals surface area contributed by atoms with Gasteiger partial charge in [0.2, 0.25) is 0 Å². The van der Waals surface area contributed by atoms with Gasteiger partial charge in [-0.2, -0.15) is 0 Å². The first-order chi connectivity index (χ1) is 13.3. The number of halogens is 2. The molecular weight excluding hydrogens is 401 g/mol. The molecule has 1 N–H and O–H groups in total. The van der Waals surface area contributed by atoms with E-state index in [-0.39, 0.29) is 23.8 Å². The molecule has 0 saturated heterocycles. The highest BCUT2D eigenvalue weighted by molar-refractivity contribution is 7.90. The van der Waals surface area contributed by atoms with E-state index in [1.807, 2.05) is 23.6 Å². The maximum atomic E-state index is 14.2.